The maximum absolute atomic E-state index is 14.2. The van der Waals surface area contributed by atoms with Crippen molar-refractivity contribution in [3.05, 3.63) is 12.7 Å². The molecule has 3 rings (SSSR count). The standard InChI is InChI=1S/C31H48F2N4O6/c1-7-15-34-27(40)25(38)22(17-19-8-9-19)35-26(39)24-21(18(2)3)12-16-37(24)28(41)23(36-29(42)43-30(4,5)6)20-10-13-31(32,33)14-11-20/h7,18-24H,1,8-17H2,2-6H3,(H,34,40)(H,35,39)(H,36,42)/t21?,22?,23-,24-/m0/s1. The number of hydrogen-bond acceptors (Lipinski definition) is 6. The van der Waals surface area contributed by atoms with Crippen LogP contribution in [0, 0.1) is 23.7 Å². The minimum Gasteiger partial charge on any atom is -0.444 e. The molecule has 43 heavy (non-hydrogen) atoms. The Kier molecular flexibility index (Phi) is 11.3. The van der Waals surface area contributed by atoms with Crippen molar-refractivity contribution in [2.75, 3.05) is 13.1 Å². The Morgan fingerprint density at radius 1 is 1.02 bits per heavy atom. The van der Waals surface area contributed by atoms with Gasteiger partial charge in [-0.2, -0.15) is 0 Å². The first kappa shape index (κ1) is 34.4. The van der Waals surface area contributed by atoms with Gasteiger partial charge in [0.05, 0.1) is 6.04 Å². The molecule has 12 heteroatoms. The molecule has 3 aliphatic rings. The Hall–Kier alpha value is -3.05. The van der Waals surface area contributed by atoms with Crippen molar-refractivity contribution in [3.8, 4) is 0 Å². The van der Waals surface area contributed by atoms with Gasteiger partial charge in [-0.1, -0.05) is 32.8 Å². The number of hydrogen-bond donors (Lipinski definition) is 3. The van der Waals surface area contributed by atoms with Crippen LogP contribution >= 0.6 is 0 Å². The smallest absolute Gasteiger partial charge is 0.408 e. The molecule has 0 aromatic rings. The Bertz CT molecular complexity index is 1060. The van der Waals surface area contributed by atoms with Gasteiger partial charge >= 0.3 is 6.09 Å². The first-order chi connectivity index (χ1) is 20.0. The first-order valence-electron chi connectivity index (χ1n) is 15.4. The van der Waals surface area contributed by atoms with E-state index in [4.69, 9.17) is 4.74 Å². The summed E-state index contributed by atoms with van der Waals surface area (Å²) in [5.41, 5.74) is -0.850. The molecular formula is C31H48F2N4O6. The van der Waals surface area contributed by atoms with Crippen molar-refractivity contribution in [1.29, 1.82) is 0 Å². The summed E-state index contributed by atoms with van der Waals surface area (Å²) in [5.74, 6) is -6.12. The second kappa shape index (κ2) is 14.2. The molecule has 3 fully saturated rings. The van der Waals surface area contributed by atoms with E-state index in [9.17, 15) is 32.8 Å². The van der Waals surface area contributed by atoms with Gasteiger partial charge in [0.25, 0.3) is 5.91 Å². The maximum atomic E-state index is 14.2. The molecule has 1 heterocycles. The number of ether oxygens (including phenoxy) is 1. The minimum absolute atomic E-state index is 0.00680. The van der Waals surface area contributed by atoms with E-state index >= 15 is 0 Å². The fourth-order valence-corrected chi connectivity index (χ4v) is 6.07. The van der Waals surface area contributed by atoms with E-state index in [2.05, 4.69) is 22.5 Å². The van der Waals surface area contributed by atoms with Crippen LogP contribution in [0.4, 0.5) is 13.6 Å². The number of halogens is 2. The van der Waals surface area contributed by atoms with Crippen LogP contribution in [-0.2, 0) is 23.9 Å². The Morgan fingerprint density at radius 2 is 1.65 bits per heavy atom. The zero-order valence-corrected chi connectivity index (χ0v) is 26.0. The van der Waals surface area contributed by atoms with Crippen molar-refractivity contribution < 1.29 is 37.5 Å². The molecule has 0 bridgehead atoms. The van der Waals surface area contributed by atoms with Gasteiger partial charge in [-0.15, -0.1) is 6.58 Å². The Morgan fingerprint density at radius 3 is 2.19 bits per heavy atom. The van der Waals surface area contributed by atoms with E-state index in [1.165, 1.54) is 11.0 Å². The van der Waals surface area contributed by atoms with Crippen LogP contribution in [0.2, 0.25) is 0 Å². The third-order valence-corrected chi connectivity index (χ3v) is 8.55. The zero-order valence-electron chi connectivity index (χ0n) is 26.0. The number of Topliss-reactive ketones (excluding diaryl/α,β-unsaturated/α-hetero) is 1. The van der Waals surface area contributed by atoms with Crippen LogP contribution in [0.25, 0.3) is 0 Å². The third-order valence-electron chi connectivity index (χ3n) is 8.55. The summed E-state index contributed by atoms with van der Waals surface area (Å²) in [7, 11) is 0. The van der Waals surface area contributed by atoms with E-state index in [-0.39, 0.29) is 43.7 Å². The highest BCUT2D eigenvalue weighted by molar-refractivity contribution is 6.38. The van der Waals surface area contributed by atoms with Gasteiger partial charge in [0.1, 0.15) is 17.7 Å². The summed E-state index contributed by atoms with van der Waals surface area (Å²) in [6.07, 6.45) is 2.45. The first-order valence-corrected chi connectivity index (χ1v) is 15.4. The lowest BCUT2D eigenvalue weighted by molar-refractivity contribution is -0.145. The second-order valence-electron chi connectivity index (χ2n) is 13.6. The summed E-state index contributed by atoms with van der Waals surface area (Å²) in [6.45, 7) is 12.8. The molecule has 4 atom stereocenters. The van der Waals surface area contributed by atoms with E-state index in [0.29, 0.717) is 12.8 Å². The highest BCUT2D eigenvalue weighted by Crippen LogP contribution is 2.39. The van der Waals surface area contributed by atoms with Gasteiger partial charge in [0, 0.05) is 25.9 Å². The molecule has 4 amide bonds. The number of carbonyl (C=O) groups is 5. The van der Waals surface area contributed by atoms with E-state index < -0.39 is 78.0 Å². The molecule has 1 saturated heterocycles. The number of nitrogens with one attached hydrogen (secondary N) is 3. The van der Waals surface area contributed by atoms with E-state index in [1.807, 2.05) is 13.8 Å². The lowest BCUT2D eigenvalue weighted by Crippen LogP contribution is -2.59. The van der Waals surface area contributed by atoms with Crippen LogP contribution in [0.5, 0.6) is 0 Å². The van der Waals surface area contributed by atoms with Gasteiger partial charge in [-0.3, -0.25) is 19.2 Å². The summed E-state index contributed by atoms with van der Waals surface area (Å²) in [5, 5.41) is 7.88. The largest absolute Gasteiger partial charge is 0.444 e. The normalized spacial score (nSPS) is 23.7. The molecule has 2 saturated carbocycles. The second-order valence-corrected chi connectivity index (χ2v) is 13.6. The number of likely N-dealkylation sites (tertiary alicyclic amines) is 1. The number of rotatable bonds is 12. The summed E-state index contributed by atoms with van der Waals surface area (Å²) >= 11 is 0. The molecule has 2 unspecified atom stereocenters. The fraction of sp³-hybridized carbons (Fsp3) is 0.774. The number of alkyl carbamates (subject to hydrolysis) is 1. The van der Waals surface area contributed by atoms with Gasteiger partial charge < -0.3 is 25.6 Å². The minimum atomic E-state index is -2.84. The number of ketones is 1. The highest BCUT2D eigenvalue weighted by atomic mass is 19.3. The zero-order chi connectivity index (χ0) is 32.1. The molecule has 242 valence electrons. The topological polar surface area (TPSA) is 134 Å². The average Bonchev–Trinajstić information content (AvgIpc) is 3.61. The number of alkyl halides is 2. The predicted molar refractivity (Wildman–Crippen MR) is 156 cm³/mol. The SMILES string of the molecule is C=CCNC(=O)C(=O)C(CC1CC1)NC(=O)[C@@H]1C(C(C)C)CCN1C(=O)[C@@H](NC(=O)OC(C)(C)C)C1CCC(F)(F)CC1. The van der Waals surface area contributed by atoms with Crippen molar-refractivity contribution in [2.24, 2.45) is 23.7 Å². The van der Waals surface area contributed by atoms with Crippen LogP contribution in [0.15, 0.2) is 12.7 Å². The molecule has 10 nitrogen and oxygen atoms in total. The molecule has 0 aromatic heterocycles. The maximum Gasteiger partial charge on any atom is 0.408 e. The van der Waals surface area contributed by atoms with Crippen LogP contribution in [0.1, 0.15) is 86.0 Å². The van der Waals surface area contributed by atoms with Crippen LogP contribution in [-0.4, -0.2) is 77.2 Å². The van der Waals surface area contributed by atoms with Crippen molar-refractivity contribution in [1.82, 2.24) is 20.9 Å². The predicted octanol–water partition coefficient (Wildman–Crippen LogP) is 3.73. The Balaban J connectivity index is 1.86. The van der Waals surface area contributed by atoms with Crippen molar-refractivity contribution in [3.63, 3.8) is 0 Å². The highest BCUT2D eigenvalue weighted by Gasteiger charge is 2.49. The lowest BCUT2D eigenvalue weighted by Gasteiger charge is -2.37. The number of carbonyl (C=O) groups excluding carboxylic acids is 5. The molecule has 1 aliphatic heterocycles. The number of nitrogens with zero attached hydrogens (tertiary/aromatic N) is 1. The van der Waals surface area contributed by atoms with Gasteiger partial charge in [-0.05, 0) is 70.1 Å². The van der Waals surface area contributed by atoms with Crippen molar-refractivity contribution >= 4 is 29.6 Å². The summed E-state index contributed by atoms with van der Waals surface area (Å²) < 4.78 is 33.4. The fourth-order valence-electron chi connectivity index (χ4n) is 6.07. The molecule has 0 spiro atoms. The van der Waals surface area contributed by atoms with Crippen LogP contribution in [0.3, 0.4) is 0 Å². The van der Waals surface area contributed by atoms with Gasteiger partial charge in [0.15, 0.2) is 0 Å². The molecule has 3 N–H and O–H groups in total. The molecule has 0 aromatic carbocycles. The summed E-state index contributed by atoms with van der Waals surface area (Å²) in [6, 6.07) is -3.18. The lowest BCUT2D eigenvalue weighted by atomic mass is 9.81. The van der Waals surface area contributed by atoms with Gasteiger partial charge in [0.2, 0.25) is 23.5 Å². The van der Waals surface area contributed by atoms with Crippen molar-refractivity contribution in [2.45, 2.75) is 116 Å². The van der Waals surface area contributed by atoms with Crippen LogP contribution < -0.4 is 16.0 Å². The quantitative estimate of drug-likeness (QED) is 0.228. The summed E-state index contributed by atoms with van der Waals surface area (Å²) in [4.78, 5) is 67.8. The number of amides is 4. The van der Waals surface area contributed by atoms with E-state index in [0.717, 1.165) is 12.8 Å². The average molecular weight is 611 g/mol. The van der Waals surface area contributed by atoms with Gasteiger partial charge in [-0.25, -0.2) is 13.6 Å². The molecular weight excluding hydrogens is 562 g/mol. The molecule has 2 aliphatic carbocycles. The van der Waals surface area contributed by atoms with E-state index in [1.54, 1.807) is 20.8 Å². The Labute approximate surface area is 253 Å². The monoisotopic (exact) mass is 610 g/mol. The third kappa shape index (κ3) is 9.72. The molecule has 0 radical (unpaired) electrons.